The van der Waals surface area contributed by atoms with E-state index in [-0.39, 0.29) is 6.61 Å². The second kappa shape index (κ2) is 8.99. The number of hydrogen-bond donors (Lipinski definition) is 3. The van der Waals surface area contributed by atoms with E-state index >= 15 is 0 Å². The van der Waals surface area contributed by atoms with Gasteiger partial charge in [0, 0.05) is 24.2 Å². The first kappa shape index (κ1) is 20.0. The van der Waals surface area contributed by atoms with Crippen LogP contribution in [0.1, 0.15) is 23.0 Å². The number of thiazole rings is 1. The number of carbonyl (C=O) groups is 1. The minimum Gasteiger partial charge on any atom is -0.394 e. The van der Waals surface area contributed by atoms with E-state index in [0.29, 0.717) is 10.8 Å². The predicted molar refractivity (Wildman–Crippen MR) is 121 cm³/mol. The van der Waals surface area contributed by atoms with E-state index in [4.69, 9.17) is 6.42 Å². The molecule has 0 spiro atoms. The first-order valence-corrected chi connectivity index (χ1v) is 10.6. The Morgan fingerprint density at radius 2 is 2.03 bits per heavy atom. The lowest BCUT2D eigenvalue weighted by molar-refractivity contribution is 0.225. The number of hydrogen-bond acceptors (Lipinski definition) is 5. The van der Waals surface area contributed by atoms with Crippen LogP contribution in [0.2, 0.25) is 0 Å². The van der Waals surface area contributed by atoms with Gasteiger partial charge in [0.15, 0.2) is 5.01 Å². The van der Waals surface area contributed by atoms with E-state index < -0.39 is 12.1 Å². The molecule has 4 rings (SSSR count). The van der Waals surface area contributed by atoms with Crippen molar-refractivity contribution in [3.05, 3.63) is 64.5 Å². The Morgan fingerprint density at radius 3 is 2.67 bits per heavy atom. The van der Waals surface area contributed by atoms with Crippen molar-refractivity contribution in [1.82, 2.24) is 10.3 Å². The Bertz CT molecular complexity index is 1070. The average molecular weight is 419 g/mol. The highest BCUT2D eigenvalue weighted by molar-refractivity contribution is 7.10. The quantitative estimate of drug-likeness (QED) is 0.532. The maximum absolute atomic E-state index is 12.3. The fourth-order valence-corrected chi connectivity index (χ4v) is 3.86. The Hall–Kier alpha value is -3.34. The second-order valence-corrected chi connectivity index (χ2v) is 7.89. The summed E-state index contributed by atoms with van der Waals surface area (Å²) in [5, 5.41) is 17.3. The molecule has 152 valence electrons. The molecule has 1 saturated heterocycles. The number of rotatable bonds is 6. The minimum atomic E-state index is -0.530. The molecular weight excluding hydrogens is 396 g/mol. The zero-order valence-corrected chi connectivity index (χ0v) is 17.2. The molecule has 30 heavy (non-hydrogen) atoms. The second-order valence-electron chi connectivity index (χ2n) is 7.03. The molecular formula is C23H22N4O2S. The van der Waals surface area contributed by atoms with Crippen LogP contribution in [0.5, 0.6) is 0 Å². The van der Waals surface area contributed by atoms with Gasteiger partial charge in [-0.2, -0.15) is 0 Å². The van der Waals surface area contributed by atoms with Gasteiger partial charge in [-0.1, -0.05) is 36.4 Å². The van der Waals surface area contributed by atoms with Gasteiger partial charge >= 0.3 is 6.03 Å². The normalized spacial score (nSPS) is 13.8. The third kappa shape index (κ3) is 4.46. The number of terminal acetylenes is 1. The van der Waals surface area contributed by atoms with Gasteiger partial charge in [0.05, 0.1) is 12.6 Å². The van der Waals surface area contributed by atoms with Gasteiger partial charge in [-0.15, -0.1) is 17.8 Å². The zero-order chi connectivity index (χ0) is 20.9. The molecule has 1 aliphatic heterocycles. The van der Waals surface area contributed by atoms with Crippen molar-refractivity contribution in [2.24, 2.45) is 0 Å². The van der Waals surface area contributed by atoms with Crippen LogP contribution in [0.15, 0.2) is 53.9 Å². The number of anilines is 2. The first-order valence-electron chi connectivity index (χ1n) is 9.72. The van der Waals surface area contributed by atoms with E-state index in [2.05, 4.69) is 50.7 Å². The lowest BCUT2D eigenvalue weighted by Gasteiger charge is -2.33. The number of nitrogens with zero attached hydrogens (tertiary/aromatic N) is 2. The standard InChI is InChI=1S/C23H22N4O2S/c1-2-22-25-21(15-30-22)26-23(29)24-20(14-28)17-9-7-16(8-10-17)18-5-3-6-19(13-18)27-11-4-12-27/h1,3,5-10,13,15,20,28H,4,11-12,14H2,(H2,24,26,29). The molecule has 3 aromatic rings. The van der Waals surface area contributed by atoms with E-state index in [1.54, 1.807) is 5.38 Å². The van der Waals surface area contributed by atoms with Crippen LogP contribution in [0.3, 0.4) is 0 Å². The van der Waals surface area contributed by atoms with Crippen molar-refractivity contribution in [3.63, 3.8) is 0 Å². The van der Waals surface area contributed by atoms with E-state index in [0.717, 1.165) is 29.8 Å². The van der Waals surface area contributed by atoms with E-state index in [1.807, 2.05) is 24.3 Å². The Morgan fingerprint density at radius 1 is 1.23 bits per heavy atom. The molecule has 0 radical (unpaired) electrons. The molecule has 2 amide bonds. The SMILES string of the molecule is C#Cc1nc(NC(=O)NC(CO)c2ccc(-c3cccc(N4CCC4)c3)cc2)cs1. The van der Waals surface area contributed by atoms with Crippen LogP contribution >= 0.6 is 11.3 Å². The fourth-order valence-electron chi connectivity index (χ4n) is 3.31. The highest BCUT2D eigenvalue weighted by Crippen LogP contribution is 2.28. The van der Waals surface area contributed by atoms with Gasteiger partial charge < -0.3 is 15.3 Å². The minimum absolute atomic E-state index is 0.218. The third-order valence-corrected chi connectivity index (χ3v) is 5.84. The van der Waals surface area contributed by atoms with Gasteiger partial charge in [0.2, 0.25) is 0 Å². The van der Waals surface area contributed by atoms with Crippen LogP contribution < -0.4 is 15.5 Å². The smallest absolute Gasteiger partial charge is 0.320 e. The third-order valence-electron chi connectivity index (χ3n) is 5.07. The summed E-state index contributed by atoms with van der Waals surface area (Å²) in [7, 11) is 0. The lowest BCUT2D eigenvalue weighted by atomic mass is 10.00. The molecule has 3 N–H and O–H groups in total. The Balaban J connectivity index is 1.42. The van der Waals surface area contributed by atoms with Crippen molar-refractivity contribution in [2.75, 3.05) is 29.9 Å². The number of aliphatic hydroxyl groups excluding tert-OH is 1. The number of urea groups is 1. The Labute approximate surface area is 179 Å². The summed E-state index contributed by atoms with van der Waals surface area (Å²) < 4.78 is 0. The Kier molecular flexibility index (Phi) is 5.98. The fraction of sp³-hybridized carbons (Fsp3) is 0.217. The van der Waals surface area contributed by atoms with Crippen LogP contribution in [0.25, 0.3) is 11.1 Å². The van der Waals surface area contributed by atoms with Crippen molar-refractivity contribution in [2.45, 2.75) is 12.5 Å². The van der Waals surface area contributed by atoms with Crippen molar-refractivity contribution >= 4 is 28.9 Å². The molecule has 1 aromatic heterocycles. The lowest BCUT2D eigenvalue weighted by Crippen LogP contribution is -2.36. The number of amides is 2. The average Bonchev–Trinajstić information content (AvgIpc) is 3.18. The highest BCUT2D eigenvalue weighted by atomic mass is 32.1. The molecule has 1 atom stereocenters. The molecule has 0 aliphatic carbocycles. The van der Waals surface area contributed by atoms with Crippen LogP contribution in [-0.4, -0.2) is 35.8 Å². The summed E-state index contributed by atoms with van der Waals surface area (Å²) in [4.78, 5) is 18.7. The van der Waals surface area contributed by atoms with Crippen molar-refractivity contribution in [1.29, 1.82) is 0 Å². The topological polar surface area (TPSA) is 77.5 Å². The summed E-state index contributed by atoms with van der Waals surface area (Å²) in [6.07, 6.45) is 6.54. The summed E-state index contributed by atoms with van der Waals surface area (Å²) in [6.45, 7) is 2.00. The predicted octanol–water partition coefficient (Wildman–Crippen LogP) is 3.86. The maximum atomic E-state index is 12.3. The summed E-state index contributed by atoms with van der Waals surface area (Å²) in [5.41, 5.74) is 4.29. The molecule has 1 unspecified atom stereocenters. The van der Waals surface area contributed by atoms with E-state index in [1.165, 1.54) is 23.4 Å². The van der Waals surface area contributed by atoms with Gasteiger partial charge in [-0.3, -0.25) is 5.32 Å². The molecule has 6 nitrogen and oxygen atoms in total. The summed E-state index contributed by atoms with van der Waals surface area (Å²) in [6, 6.07) is 15.4. The maximum Gasteiger partial charge on any atom is 0.320 e. The van der Waals surface area contributed by atoms with Crippen LogP contribution in [-0.2, 0) is 0 Å². The van der Waals surface area contributed by atoms with Crippen LogP contribution in [0.4, 0.5) is 16.3 Å². The van der Waals surface area contributed by atoms with Crippen molar-refractivity contribution in [3.8, 4) is 23.5 Å². The summed E-state index contributed by atoms with van der Waals surface area (Å²) in [5.74, 6) is 2.81. The number of nitrogens with one attached hydrogen (secondary N) is 2. The van der Waals surface area contributed by atoms with E-state index in [9.17, 15) is 9.90 Å². The largest absolute Gasteiger partial charge is 0.394 e. The molecule has 0 saturated carbocycles. The van der Waals surface area contributed by atoms with Gasteiger partial charge in [0.25, 0.3) is 0 Å². The highest BCUT2D eigenvalue weighted by Gasteiger charge is 2.16. The number of aliphatic hydroxyl groups is 1. The first-order chi connectivity index (χ1) is 14.7. The summed E-state index contributed by atoms with van der Waals surface area (Å²) >= 11 is 1.28. The molecule has 0 bridgehead atoms. The van der Waals surface area contributed by atoms with Gasteiger partial charge in [-0.25, -0.2) is 9.78 Å². The zero-order valence-electron chi connectivity index (χ0n) is 16.3. The monoisotopic (exact) mass is 418 g/mol. The number of benzene rings is 2. The molecule has 2 heterocycles. The molecule has 7 heteroatoms. The number of carbonyl (C=O) groups excluding carboxylic acids is 1. The van der Waals surface area contributed by atoms with Crippen LogP contribution in [0, 0.1) is 12.3 Å². The molecule has 2 aromatic carbocycles. The molecule has 1 fully saturated rings. The molecule has 1 aliphatic rings. The van der Waals surface area contributed by atoms with Gasteiger partial charge in [-0.05, 0) is 41.2 Å². The number of aromatic nitrogens is 1. The van der Waals surface area contributed by atoms with Crippen molar-refractivity contribution < 1.29 is 9.90 Å². The van der Waals surface area contributed by atoms with Gasteiger partial charge in [0.1, 0.15) is 5.82 Å².